The Hall–Kier alpha value is -0.0600. The number of rotatable bonds is 4. The summed E-state index contributed by atoms with van der Waals surface area (Å²) in [5.74, 6) is 1.84. The summed E-state index contributed by atoms with van der Waals surface area (Å²) in [6.07, 6.45) is 4.92. The summed E-state index contributed by atoms with van der Waals surface area (Å²) < 4.78 is 0.877. The molecule has 1 aromatic heterocycles. The predicted molar refractivity (Wildman–Crippen MR) is 80.5 cm³/mol. The van der Waals surface area contributed by atoms with E-state index in [0.717, 1.165) is 15.9 Å². The van der Waals surface area contributed by atoms with Gasteiger partial charge in [-0.25, -0.2) is 0 Å². The number of hydrogen-bond donors (Lipinski definition) is 1. The van der Waals surface area contributed by atoms with Crippen LogP contribution in [0.4, 0.5) is 0 Å². The van der Waals surface area contributed by atoms with Crippen LogP contribution >= 0.6 is 38.9 Å². The molecule has 100 valence electrons. The topological polar surface area (TPSA) is 29.1 Å². The Balaban J connectivity index is 1.87. The molecule has 1 heterocycles. The van der Waals surface area contributed by atoms with E-state index in [1.807, 2.05) is 11.4 Å². The number of amides is 1. The number of nitrogens with one attached hydrogen (secondary N) is 1. The zero-order valence-corrected chi connectivity index (χ0v) is 13.3. The second-order valence-corrected chi connectivity index (χ2v) is 6.85. The van der Waals surface area contributed by atoms with E-state index in [4.69, 9.17) is 11.6 Å². The third-order valence-electron chi connectivity index (χ3n) is 3.61. The van der Waals surface area contributed by atoms with Crippen molar-refractivity contribution in [2.24, 2.45) is 11.8 Å². The van der Waals surface area contributed by atoms with Gasteiger partial charge in [-0.05, 0) is 52.1 Å². The lowest BCUT2D eigenvalue weighted by Crippen LogP contribution is -2.34. The third-order valence-corrected chi connectivity index (χ3v) is 5.85. The van der Waals surface area contributed by atoms with Crippen molar-refractivity contribution in [2.75, 3.05) is 12.4 Å². The molecule has 2 unspecified atom stereocenters. The SMILES string of the molecule is O=C(NCC1CCCCC1CCl)c1sccc1Br. The molecule has 18 heavy (non-hydrogen) atoms. The highest BCUT2D eigenvalue weighted by atomic mass is 79.9. The molecule has 1 aliphatic rings. The third kappa shape index (κ3) is 3.49. The Morgan fingerprint density at radius 1 is 1.44 bits per heavy atom. The fourth-order valence-electron chi connectivity index (χ4n) is 2.52. The molecule has 1 N–H and O–H groups in total. The van der Waals surface area contributed by atoms with Crippen LogP contribution in [0.5, 0.6) is 0 Å². The second-order valence-electron chi connectivity index (χ2n) is 4.77. The van der Waals surface area contributed by atoms with Crippen molar-refractivity contribution in [3.63, 3.8) is 0 Å². The number of alkyl halides is 1. The van der Waals surface area contributed by atoms with E-state index in [-0.39, 0.29) is 5.91 Å². The standard InChI is InChI=1S/C13H17BrClNOS/c14-11-5-6-18-12(11)13(17)16-8-10-4-2-1-3-9(10)7-15/h5-6,9-10H,1-4,7-8H2,(H,16,17). The monoisotopic (exact) mass is 349 g/mol. The molecule has 0 spiro atoms. The zero-order valence-electron chi connectivity index (χ0n) is 10.1. The normalized spacial score (nSPS) is 23.9. The highest BCUT2D eigenvalue weighted by Gasteiger charge is 2.25. The van der Waals surface area contributed by atoms with E-state index in [9.17, 15) is 4.79 Å². The number of halogens is 2. The van der Waals surface area contributed by atoms with Gasteiger partial charge in [0.15, 0.2) is 0 Å². The molecule has 1 aliphatic carbocycles. The van der Waals surface area contributed by atoms with Gasteiger partial charge < -0.3 is 5.32 Å². The minimum Gasteiger partial charge on any atom is -0.351 e. The molecular weight excluding hydrogens is 334 g/mol. The molecule has 0 aromatic carbocycles. The van der Waals surface area contributed by atoms with Crippen LogP contribution in [0.25, 0.3) is 0 Å². The van der Waals surface area contributed by atoms with Crippen LogP contribution in [0.15, 0.2) is 15.9 Å². The van der Waals surface area contributed by atoms with Gasteiger partial charge in [-0.3, -0.25) is 4.79 Å². The lowest BCUT2D eigenvalue weighted by molar-refractivity contribution is 0.0940. The van der Waals surface area contributed by atoms with E-state index in [0.29, 0.717) is 17.7 Å². The fraction of sp³-hybridized carbons (Fsp3) is 0.615. The molecule has 2 rings (SSSR count). The molecule has 2 atom stereocenters. The van der Waals surface area contributed by atoms with Gasteiger partial charge in [-0.1, -0.05) is 12.8 Å². The first kappa shape index (κ1) is 14.4. The van der Waals surface area contributed by atoms with E-state index in [2.05, 4.69) is 21.2 Å². The number of hydrogen-bond acceptors (Lipinski definition) is 2. The van der Waals surface area contributed by atoms with E-state index >= 15 is 0 Å². The van der Waals surface area contributed by atoms with Crippen LogP contribution < -0.4 is 5.32 Å². The minimum atomic E-state index is 0.0239. The number of carbonyl (C=O) groups is 1. The summed E-state index contributed by atoms with van der Waals surface area (Å²) in [5, 5.41) is 4.96. The molecule has 2 nitrogen and oxygen atoms in total. The Labute approximate surface area is 125 Å². The molecule has 0 saturated heterocycles. The van der Waals surface area contributed by atoms with Crippen molar-refractivity contribution < 1.29 is 4.79 Å². The van der Waals surface area contributed by atoms with Crippen LogP contribution in [-0.4, -0.2) is 18.3 Å². The quantitative estimate of drug-likeness (QED) is 0.807. The van der Waals surface area contributed by atoms with Crippen molar-refractivity contribution in [2.45, 2.75) is 25.7 Å². The van der Waals surface area contributed by atoms with Crippen LogP contribution in [0, 0.1) is 11.8 Å². The average Bonchev–Trinajstić information content (AvgIpc) is 2.82. The van der Waals surface area contributed by atoms with Crippen LogP contribution in [0.2, 0.25) is 0 Å². The van der Waals surface area contributed by atoms with Gasteiger partial charge in [0.1, 0.15) is 4.88 Å². The molecule has 0 aliphatic heterocycles. The Bertz CT molecular complexity index is 409. The van der Waals surface area contributed by atoms with Gasteiger partial charge in [0.2, 0.25) is 0 Å². The first-order valence-corrected chi connectivity index (χ1v) is 8.50. The maximum atomic E-state index is 12.0. The second kappa shape index (κ2) is 6.92. The van der Waals surface area contributed by atoms with Gasteiger partial charge in [-0.15, -0.1) is 22.9 Å². The Kier molecular flexibility index (Phi) is 5.52. The number of carbonyl (C=O) groups excluding carboxylic acids is 1. The summed E-state index contributed by atoms with van der Waals surface area (Å²) >= 11 is 10.8. The average molecular weight is 351 g/mol. The summed E-state index contributed by atoms with van der Waals surface area (Å²) in [6, 6.07) is 1.90. The highest BCUT2D eigenvalue weighted by molar-refractivity contribution is 9.10. The smallest absolute Gasteiger partial charge is 0.262 e. The van der Waals surface area contributed by atoms with Crippen molar-refractivity contribution in [1.29, 1.82) is 0 Å². The summed E-state index contributed by atoms with van der Waals surface area (Å²) in [6.45, 7) is 0.751. The van der Waals surface area contributed by atoms with Crippen molar-refractivity contribution in [3.8, 4) is 0 Å². The molecule has 5 heteroatoms. The maximum absolute atomic E-state index is 12.0. The lowest BCUT2D eigenvalue weighted by Gasteiger charge is -2.30. The summed E-state index contributed by atoms with van der Waals surface area (Å²) in [4.78, 5) is 12.8. The van der Waals surface area contributed by atoms with Gasteiger partial charge in [0, 0.05) is 16.9 Å². The van der Waals surface area contributed by atoms with Crippen LogP contribution in [0.3, 0.4) is 0 Å². The molecule has 1 amide bonds. The zero-order chi connectivity index (χ0) is 13.0. The van der Waals surface area contributed by atoms with E-state index in [1.165, 1.54) is 37.0 Å². The summed E-state index contributed by atoms with van der Waals surface area (Å²) in [5.41, 5.74) is 0. The van der Waals surface area contributed by atoms with Crippen molar-refractivity contribution in [1.82, 2.24) is 5.32 Å². The molecular formula is C13H17BrClNOS. The maximum Gasteiger partial charge on any atom is 0.262 e. The van der Waals surface area contributed by atoms with Gasteiger partial charge in [-0.2, -0.15) is 0 Å². The first-order chi connectivity index (χ1) is 8.72. The molecule has 1 fully saturated rings. The Morgan fingerprint density at radius 3 is 2.78 bits per heavy atom. The largest absolute Gasteiger partial charge is 0.351 e. The fourth-order valence-corrected chi connectivity index (χ4v) is 4.39. The van der Waals surface area contributed by atoms with Crippen LogP contribution in [0.1, 0.15) is 35.4 Å². The molecule has 1 aromatic rings. The van der Waals surface area contributed by atoms with Crippen LogP contribution in [-0.2, 0) is 0 Å². The first-order valence-electron chi connectivity index (χ1n) is 6.29. The van der Waals surface area contributed by atoms with Crippen molar-refractivity contribution in [3.05, 3.63) is 20.8 Å². The number of thiophene rings is 1. The molecule has 0 radical (unpaired) electrons. The summed E-state index contributed by atoms with van der Waals surface area (Å²) in [7, 11) is 0. The van der Waals surface area contributed by atoms with E-state index in [1.54, 1.807) is 0 Å². The van der Waals surface area contributed by atoms with Gasteiger partial charge >= 0.3 is 0 Å². The van der Waals surface area contributed by atoms with Crippen molar-refractivity contribution >= 4 is 44.8 Å². The van der Waals surface area contributed by atoms with E-state index < -0.39 is 0 Å². The molecule has 0 bridgehead atoms. The Morgan fingerprint density at radius 2 is 2.17 bits per heavy atom. The highest BCUT2D eigenvalue weighted by Crippen LogP contribution is 2.30. The van der Waals surface area contributed by atoms with Gasteiger partial charge in [0.25, 0.3) is 5.91 Å². The lowest BCUT2D eigenvalue weighted by atomic mass is 9.80. The minimum absolute atomic E-state index is 0.0239. The molecule has 1 saturated carbocycles. The predicted octanol–water partition coefficient (Wildman–Crippen LogP) is 4.29. The van der Waals surface area contributed by atoms with Gasteiger partial charge in [0.05, 0.1) is 0 Å².